The molecule has 2 unspecified atom stereocenters. The third-order valence-corrected chi connectivity index (χ3v) is 8.11. The number of para-hydroxylation sites is 1. The lowest BCUT2D eigenvalue weighted by Crippen LogP contribution is -2.59. The molecule has 2 aromatic rings. The Morgan fingerprint density at radius 3 is 2.05 bits per heavy atom. The van der Waals surface area contributed by atoms with Crippen LogP contribution in [-0.4, -0.2) is 52.0 Å². The number of aryl methyl sites for hydroxylation is 3. The van der Waals surface area contributed by atoms with E-state index in [0.29, 0.717) is 29.3 Å². The van der Waals surface area contributed by atoms with Crippen molar-refractivity contribution in [2.24, 2.45) is 0 Å². The summed E-state index contributed by atoms with van der Waals surface area (Å²) < 4.78 is 5.50. The molecular formula is C32H46ClN3O4S. The predicted octanol–water partition coefficient (Wildman–Crippen LogP) is 7.61. The molecule has 0 radical (unpaired) electrons. The standard InChI is InChI=1S/C32H46ClN3O4S/c1-11-32(8,9)36(29(38)24(18-19-41-10)34-30(39)40-31(5,6)7)27(25-20(2)14-12-15-21(25)3)28(37)35-26-22(4)16-13-17-23(26)33/h12-17,24,27H,11,18-19H2,1-10H3,(H,34,39)(H,35,37). The van der Waals surface area contributed by atoms with E-state index in [1.54, 1.807) is 43.5 Å². The number of hydrogen-bond acceptors (Lipinski definition) is 5. The number of alkyl carbamates (subject to hydrolysis) is 1. The minimum absolute atomic E-state index is 0.351. The van der Waals surface area contributed by atoms with Gasteiger partial charge in [0.05, 0.1) is 10.7 Å². The highest BCUT2D eigenvalue weighted by Crippen LogP contribution is 2.37. The molecule has 0 heterocycles. The molecule has 9 heteroatoms. The average Bonchev–Trinajstić information content (AvgIpc) is 2.86. The number of carbonyl (C=O) groups excluding carboxylic acids is 3. The molecule has 0 fully saturated rings. The number of hydrogen-bond donors (Lipinski definition) is 2. The number of halogens is 1. The van der Waals surface area contributed by atoms with Gasteiger partial charge < -0.3 is 20.3 Å². The van der Waals surface area contributed by atoms with E-state index in [0.717, 1.165) is 22.3 Å². The quantitative estimate of drug-likeness (QED) is 0.276. The molecular weight excluding hydrogens is 558 g/mol. The second-order valence-corrected chi connectivity index (χ2v) is 13.4. The molecule has 0 aliphatic rings. The highest BCUT2D eigenvalue weighted by Gasteiger charge is 2.44. The Labute approximate surface area is 255 Å². The van der Waals surface area contributed by atoms with Gasteiger partial charge in [-0.15, -0.1) is 0 Å². The fraction of sp³-hybridized carbons (Fsp3) is 0.531. The summed E-state index contributed by atoms with van der Waals surface area (Å²) in [6, 6.07) is 9.34. The summed E-state index contributed by atoms with van der Waals surface area (Å²) in [5, 5.41) is 6.26. The van der Waals surface area contributed by atoms with Gasteiger partial charge >= 0.3 is 6.09 Å². The van der Waals surface area contributed by atoms with Crippen LogP contribution in [0.15, 0.2) is 36.4 Å². The van der Waals surface area contributed by atoms with Crippen molar-refractivity contribution in [3.63, 3.8) is 0 Å². The summed E-state index contributed by atoms with van der Waals surface area (Å²) >= 11 is 8.08. The number of nitrogens with one attached hydrogen (secondary N) is 2. The fourth-order valence-corrected chi connectivity index (χ4v) is 5.41. The predicted molar refractivity (Wildman–Crippen MR) is 171 cm³/mol. The van der Waals surface area contributed by atoms with E-state index in [9.17, 15) is 14.4 Å². The summed E-state index contributed by atoms with van der Waals surface area (Å²) in [5.41, 5.74) is 2.33. The number of thioether (sulfide) groups is 1. The molecule has 2 aromatic carbocycles. The Bertz CT molecular complexity index is 1200. The van der Waals surface area contributed by atoms with Crippen molar-refractivity contribution in [2.45, 2.75) is 98.4 Å². The average molecular weight is 604 g/mol. The Morgan fingerprint density at radius 2 is 1.54 bits per heavy atom. The van der Waals surface area contributed by atoms with Crippen LogP contribution < -0.4 is 10.6 Å². The van der Waals surface area contributed by atoms with Gasteiger partial charge in [-0.1, -0.05) is 48.9 Å². The molecule has 7 nitrogen and oxygen atoms in total. The molecule has 0 bridgehead atoms. The molecule has 0 saturated heterocycles. The van der Waals surface area contributed by atoms with E-state index in [-0.39, 0.29) is 11.8 Å². The minimum atomic E-state index is -0.994. The summed E-state index contributed by atoms with van der Waals surface area (Å²) in [6.45, 7) is 16.9. The first-order valence-corrected chi connectivity index (χ1v) is 15.7. The van der Waals surface area contributed by atoms with Crippen molar-refractivity contribution < 1.29 is 19.1 Å². The molecule has 2 atom stereocenters. The molecule has 226 valence electrons. The Morgan fingerprint density at radius 1 is 0.976 bits per heavy atom. The SMILES string of the molecule is CCC(C)(C)N(C(=O)C(CCSC)NC(=O)OC(C)(C)C)C(C(=O)Nc1c(C)cccc1Cl)c1c(C)cccc1C. The molecule has 41 heavy (non-hydrogen) atoms. The highest BCUT2D eigenvalue weighted by molar-refractivity contribution is 7.98. The van der Waals surface area contributed by atoms with Gasteiger partial charge in [-0.05, 0) is 109 Å². The third kappa shape index (κ3) is 9.14. The van der Waals surface area contributed by atoms with Crippen LogP contribution in [0.5, 0.6) is 0 Å². The van der Waals surface area contributed by atoms with E-state index < -0.39 is 29.3 Å². The van der Waals surface area contributed by atoms with Crippen LogP contribution in [0.4, 0.5) is 10.5 Å². The number of benzene rings is 2. The third-order valence-electron chi connectivity index (χ3n) is 7.15. The van der Waals surface area contributed by atoms with Gasteiger partial charge in [-0.25, -0.2) is 4.79 Å². The van der Waals surface area contributed by atoms with Crippen molar-refractivity contribution in [3.05, 3.63) is 63.7 Å². The van der Waals surface area contributed by atoms with Gasteiger partial charge in [0.1, 0.15) is 17.7 Å². The van der Waals surface area contributed by atoms with E-state index in [1.165, 1.54) is 0 Å². The van der Waals surface area contributed by atoms with Crippen LogP contribution in [0, 0.1) is 20.8 Å². The first kappa shape index (κ1) is 34.5. The smallest absolute Gasteiger partial charge is 0.408 e. The molecule has 3 amide bonds. The number of nitrogens with zero attached hydrogens (tertiary/aromatic N) is 1. The van der Waals surface area contributed by atoms with Gasteiger partial charge in [0.25, 0.3) is 5.91 Å². The van der Waals surface area contributed by atoms with Crippen LogP contribution in [0.3, 0.4) is 0 Å². The van der Waals surface area contributed by atoms with Gasteiger partial charge in [0.15, 0.2) is 0 Å². The van der Waals surface area contributed by atoms with Crippen molar-refractivity contribution in [1.29, 1.82) is 0 Å². The Hall–Kier alpha value is -2.71. The molecule has 2 N–H and O–H groups in total. The van der Waals surface area contributed by atoms with E-state index >= 15 is 0 Å². The van der Waals surface area contributed by atoms with Crippen LogP contribution >= 0.6 is 23.4 Å². The second kappa shape index (κ2) is 14.5. The Kier molecular flexibility index (Phi) is 12.2. The number of anilines is 1. The van der Waals surface area contributed by atoms with Gasteiger partial charge in [-0.2, -0.15) is 11.8 Å². The van der Waals surface area contributed by atoms with Gasteiger partial charge in [-0.3, -0.25) is 9.59 Å². The fourth-order valence-electron chi connectivity index (χ4n) is 4.67. The molecule has 0 aliphatic heterocycles. The normalized spacial score (nSPS) is 13.2. The van der Waals surface area contributed by atoms with E-state index in [1.807, 2.05) is 78.1 Å². The van der Waals surface area contributed by atoms with Crippen molar-refractivity contribution in [1.82, 2.24) is 10.2 Å². The maximum Gasteiger partial charge on any atom is 0.408 e. The number of ether oxygens (including phenoxy) is 1. The van der Waals surface area contributed by atoms with E-state index in [2.05, 4.69) is 10.6 Å². The van der Waals surface area contributed by atoms with Gasteiger partial charge in [0.2, 0.25) is 5.91 Å². The first-order valence-electron chi connectivity index (χ1n) is 14.0. The Balaban J connectivity index is 2.74. The van der Waals surface area contributed by atoms with Crippen LogP contribution in [0.25, 0.3) is 0 Å². The maximum absolute atomic E-state index is 14.6. The minimum Gasteiger partial charge on any atom is -0.444 e. The van der Waals surface area contributed by atoms with Crippen molar-refractivity contribution in [2.75, 3.05) is 17.3 Å². The molecule has 0 aliphatic carbocycles. The number of carbonyl (C=O) groups is 3. The highest BCUT2D eigenvalue weighted by atomic mass is 35.5. The zero-order chi connectivity index (χ0) is 31.1. The molecule has 2 rings (SSSR count). The summed E-state index contributed by atoms with van der Waals surface area (Å²) in [6.07, 6.45) is 2.22. The topological polar surface area (TPSA) is 87.7 Å². The summed E-state index contributed by atoms with van der Waals surface area (Å²) in [5.74, 6) is -0.101. The van der Waals surface area contributed by atoms with E-state index in [4.69, 9.17) is 16.3 Å². The second-order valence-electron chi connectivity index (χ2n) is 12.0. The largest absolute Gasteiger partial charge is 0.444 e. The lowest BCUT2D eigenvalue weighted by molar-refractivity contribution is -0.147. The van der Waals surface area contributed by atoms with Crippen LogP contribution in [0.2, 0.25) is 5.02 Å². The zero-order valence-corrected chi connectivity index (χ0v) is 27.7. The van der Waals surface area contributed by atoms with Crippen molar-refractivity contribution >= 4 is 47.0 Å². The summed E-state index contributed by atoms with van der Waals surface area (Å²) in [7, 11) is 0. The first-order chi connectivity index (χ1) is 19.0. The molecule has 0 saturated carbocycles. The number of rotatable bonds is 11. The summed E-state index contributed by atoms with van der Waals surface area (Å²) in [4.78, 5) is 43.5. The number of amides is 3. The molecule has 0 spiro atoms. The lowest BCUT2D eigenvalue weighted by atomic mass is 9.88. The lowest BCUT2D eigenvalue weighted by Gasteiger charge is -2.45. The van der Waals surface area contributed by atoms with Gasteiger partial charge in [0, 0.05) is 5.54 Å². The zero-order valence-electron chi connectivity index (χ0n) is 26.1. The monoisotopic (exact) mass is 603 g/mol. The maximum atomic E-state index is 14.6. The van der Waals surface area contributed by atoms with Crippen molar-refractivity contribution in [3.8, 4) is 0 Å². The molecule has 0 aromatic heterocycles. The van der Waals surface area contributed by atoms with Crippen LogP contribution in [0.1, 0.15) is 82.7 Å². The van der Waals surface area contributed by atoms with Crippen LogP contribution in [-0.2, 0) is 14.3 Å².